The molecule has 0 saturated heterocycles. The van der Waals surface area contributed by atoms with E-state index in [-0.39, 0.29) is 17.9 Å². The van der Waals surface area contributed by atoms with Gasteiger partial charge in [0.05, 0.1) is 23.2 Å². The molecule has 1 heterocycles. The zero-order valence-electron chi connectivity index (χ0n) is 12.0. The van der Waals surface area contributed by atoms with Crippen LogP contribution in [-0.4, -0.2) is 31.2 Å². The summed E-state index contributed by atoms with van der Waals surface area (Å²) in [5.74, 6) is -0.600. The minimum Gasteiger partial charge on any atom is -0.463 e. The average Bonchev–Trinajstić information content (AvgIpc) is 2.48. The van der Waals surface area contributed by atoms with Gasteiger partial charge in [0.25, 0.3) is 0 Å². The molecular formula is C15H19NO4S. The van der Waals surface area contributed by atoms with Crippen molar-refractivity contribution in [1.29, 1.82) is 0 Å². The Kier molecular flexibility index (Phi) is 5.12. The highest BCUT2D eigenvalue weighted by Gasteiger charge is 2.34. The minimum absolute atomic E-state index is 0.0864. The van der Waals surface area contributed by atoms with Crippen LogP contribution in [0.4, 0.5) is 0 Å². The Morgan fingerprint density at radius 1 is 1.38 bits per heavy atom. The van der Waals surface area contributed by atoms with Crippen molar-refractivity contribution in [3.8, 4) is 0 Å². The summed E-state index contributed by atoms with van der Waals surface area (Å²) in [4.78, 5) is 15.8. The first-order valence-electron chi connectivity index (χ1n) is 7.02. The number of nitrogens with zero attached hydrogens (tertiary/aromatic N) is 1. The summed E-state index contributed by atoms with van der Waals surface area (Å²) in [6.45, 7) is 1.95. The maximum absolute atomic E-state index is 12.6. The number of carbonyl (C=O) groups excluding carboxylic acids is 1. The van der Waals surface area contributed by atoms with Gasteiger partial charge in [-0.1, -0.05) is 6.08 Å². The number of ether oxygens (including phenoxy) is 1. The molecule has 5 nitrogen and oxygen atoms in total. The second-order valence-electron chi connectivity index (χ2n) is 4.96. The molecule has 1 unspecified atom stereocenters. The van der Waals surface area contributed by atoms with Crippen molar-refractivity contribution in [1.82, 2.24) is 4.98 Å². The fourth-order valence-electron chi connectivity index (χ4n) is 2.46. The highest BCUT2D eigenvalue weighted by Crippen LogP contribution is 2.28. The Bertz CT molecular complexity index is 622. The molecule has 0 aromatic carbocycles. The normalized spacial score (nSPS) is 18.9. The van der Waals surface area contributed by atoms with Crippen LogP contribution < -0.4 is 0 Å². The van der Waals surface area contributed by atoms with Gasteiger partial charge in [0.1, 0.15) is 0 Å². The lowest BCUT2D eigenvalue weighted by molar-refractivity contribution is -0.138. The van der Waals surface area contributed by atoms with Crippen molar-refractivity contribution < 1.29 is 17.9 Å². The quantitative estimate of drug-likeness (QED) is 0.778. The fraction of sp³-hybridized carbons (Fsp3) is 0.467. The van der Waals surface area contributed by atoms with Gasteiger partial charge in [-0.05, 0) is 43.9 Å². The first kappa shape index (κ1) is 15.7. The van der Waals surface area contributed by atoms with E-state index in [1.807, 2.05) is 0 Å². The number of carbonyl (C=O) groups is 1. The van der Waals surface area contributed by atoms with Gasteiger partial charge in [0.2, 0.25) is 0 Å². The highest BCUT2D eigenvalue weighted by atomic mass is 32.2. The maximum Gasteiger partial charge on any atom is 0.335 e. The Balaban J connectivity index is 2.23. The zero-order chi connectivity index (χ0) is 15.3. The molecule has 114 valence electrons. The van der Waals surface area contributed by atoms with Crippen LogP contribution in [0.3, 0.4) is 0 Å². The summed E-state index contributed by atoms with van der Waals surface area (Å²) >= 11 is 0. The SMILES string of the molecule is CCOC(=O)C1=CCCCC1S(=O)(=O)Cc1ccncc1. The van der Waals surface area contributed by atoms with Gasteiger partial charge in [-0.15, -0.1) is 0 Å². The molecule has 6 heteroatoms. The van der Waals surface area contributed by atoms with E-state index in [1.165, 1.54) is 0 Å². The molecule has 0 saturated carbocycles. The summed E-state index contributed by atoms with van der Waals surface area (Å²) < 4.78 is 30.2. The Morgan fingerprint density at radius 3 is 2.76 bits per heavy atom. The summed E-state index contributed by atoms with van der Waals surface area (Å²) in [6, 6.07) is 3.35. The van der Waals surface area contributed by atoms with E-state index in [9.17, 15) is 13.2 Å². The molecule has 0 radical (unpaired) electrons. The van der Waals surface area contributed by atoms with Gasteiger partial charge in [0.15, 0.2) is 9.84 Å². The standard InChI is InChI=1S/C15H19NO4S/c1-2-20-15(17)13-5-3-4-6-14(13)21(18,19)11-12-7-9-16-10-8-12/h5,7-10,14H,2-4,6,11H2,1H3. The molecular weight excluding hydrogens is 290 g/mol. The van der Waals surface area contributed by atoms with Crippen molar-refractivity contribution in [3.63, 3.8) is 0 Å². The van der Waals surface area contributed by atoms with Crippen LogP contribution in [-0.2, 0) is 25.1 Å². The number of sulfone groups is 1. The third-order valence-electron chi connectivity index (χ3n) is 3.44. The van der Waals surface area contributed by atoms with Gasteiger partial charge in [-0.3, -0.25) is 4.98 Å². The van der Waals surface area contributed by atoms with Crippen molar-refractivity contribution in [3.05, 3.63) is 41.7 Å². The van der Waals surface area contributed by atoms with Crippen molar-refractivity contribution in [2.75, 3.05) is 6.61 Å². The molecule has 0 aliphatic heterocycles. The molecule has 0 fully saturated rings. The van der Waals surface area contributed by atoms with Crippen LogP contribution in [0.25, 0.3) is 0 Å². The summed E-state index contributed by atoms with van der Waals surface area (Å²) in [5, 5.41) is -0.765. The van der Waals surface area contributed by atoms with Crippen LogP contribution in [0.1, 0.15) is 31.7 Å². The van der Waals surface area contributed by atoms with Gasteiger partial charge in [-0.2, -0.15) is 0 Å². The van der Waals surface area contributed by atoms with Crippen molar-refractivity contribution >= 4 is 15.8 Å². The Labute approximate surface area is 125 Å². The number of hydrogen-bond donors (Lipinski definition) is 0. The van der Waals surface area contributed by atoms with E-state index in [0.717, 1.165) is 12.8 Å². The second-order valence-corrected chi connectivity index (χ2v) is 7.15. The third kappa shape index (κ3) is 3.91. The first-order valence-corrected chi connectivity index (χ1v) is 8.73. The Hall–Kier alpha value is -1.69. The van der Waals surface area contributed by atoms with Crippen LogP contribution in [0, 0.1) is 0 Å². The molecule has 1 aromatic heterocycles. The molecule has 2 rings (SSSR count). The van der Waals surface area contributed by atoms with Crippen molar-refractivity contribution in [2.24, 2.45) is 0 Å². The molecule has 1 aromatic rings. The van der Waals surface area contributed by atoms with E-state index in [2.05, 4.69) is 4.98 Å². The van der Waals surface area contributed by atoms with Crippen LogP contribution in [0.5, 0.6) is 0 Å². The van der Waals surface area contributed by atoms with Gasteiger partial charge < -0.3 is 4.74 Å². The van der Waals surface area contributed by atoms with Gasteiger partial charge in [-0.25, -0.2) is 13.2 Å². The van der Waals surface area contributed by atoms with Crippen molar-refractivity contribution in [2.45, 2.75) is 37.2 Å². The van der Waals surface area contributed by atoms with E-state index >= 15 is 0 Å². The van der Waals surface area contributed by atoms with E-state index in [0.29, 0.717) is 12.0 Å². The van der Waals surface area contributed by atoms with Crippen LogP contribution in [0.2, 0.25) is 0 Å². The minimum atomic E-state index is -3.45. The van der Waals surface area contributed by atoms with E-state index < -0.39 is 21.1 Å². The second kappa shape index (κ2) is 6.85. The monoisotopic (exact) mass is 309 g/mol. The molecule has 1 aliphatic rings. The van der Waals surface area contributed by atoms with E-state index in [4.69, 9.17) is 4.74 Å². The maximum atomic E-state index is 12.6. The number of pyridine rings is 1. The molecule has 1 atom stereocenters. The smallest absolute Gasteiger partial charge is 0.335 e. The fourth-order valence-corrected chi connectivity index (χ4v) is 4.43. The number of esters is 1. The lowest BCUT2D eigenvalue weighted by Gasteiger charge is -2.23. The third-order valence-corrected chi connectivity index (χ3v) is 5.54. The highest BCUT2D eigenvalue weighted by molar-refractivity contribution is 7.91. The Morgan fingerprint density at radius 2 is 2.10 bits per heavy atom. The zero-order valence-corrected chi connectivity index (χ0v) is 12.8. The van der Waals surface area contributed by atoms with Crippen LogP contribution in [0.15, 0.2) is 36.2 Å². The topological polar surface area (TPSA) is 73.3 Å². The molecule has 1 aliphatic carbocycles. The predicted molar refractivity (Wildman–Crippen MR) is 79.2 cm³/mol. The average molecular weight is 309 g/mol. The molecule has 21 heavy (non-hydrogen) atoms. The lowest BCUT2D eigenvalue weighted by Crippen LogP contribution is -2.31. The lowest BCUT2D eigenvalue weighted by atomic mass is 9.99. The van der Waals surface area contributed by atoms with Crippen LogP contribution >= 0.6 is 0 Å². The number of hydrogen-bond acceptors (Lipinski definition) is 5. The van der Waals surface area contributed by atoms with E-state index in [1.54, 1.807) is 37.5 Å². The summed E-state index contributed by atoms with van der Waals surface area (Å²) in [7, 11) is -3.45. The molecule has 0 amide bonds. The molecule has 0 bridgehead atoms. The number of rotatable bonds is 5. The number of allylic oxidation sites excluding steroid dienone is 1. The predicted octanol–water partition coefficient (Wildman–Crippen LogP) is 2.04. The number of aromatic nitrogens is 1. The molecule has 0 spiro atoms. The largest absolute Gasteiger partial charge is 0.463 e. The molecule has 0 N–H and O–H groups in total. The summed E-state index contributed by atoms with van der Waals surface area (Å²) in [6.07, 6.45) is 6.79. The van der Waals surface area contributed by atoms with Gasteiger partial charge >= 0.3 is 5.97 Å². The first-order chi connectivity index (χ1) is 10.0. The van der Waals surface area contributed by atoms with Gasteiger partial charge in [0, 0.05) is 12.4 Å². The summed E-state index contributed by atoms with van der Waals surface area (Å²) in [5.41, 5.74) is 0.968.